The van der Waals surface area contributed by atoms with Crippen LogP contribution in [0.2, 0.25) is 0 Å². The zero-order valence-electron chi connectivity index (χ0n) is 13.1. The van der Waals surface area contributed by atoms with Gasteiger partial charge in [0, 0.05) is 31.5 Å². The van der Waals surface area contributed by atoms with E-state index < -0.39 is 10.0 Å². The highest BCUT2D eigenvalue weighted by molar-refractivity contribution is 7.89. The molecule has 1 aromatic rings. The zero-order valence-corrected chi connectivity index (χ0v) is 13.9. The Morgan fingerprint density at radius 3 is 2.67 bits per heavy atom. The summed E-state index contributed by atoms with van der Waals surface area (Å²) in [6.07, 6.45) is 5.78. The number of aromatic nitrogens is 1. The molecule has 0 aromatic carbocycles. The van der Waals surface area contributed by atoms with E-state index in [0.29, 0.717) is 30.4 Å². The SMILES string of the molecule is CCCNCc1cc(S(=O)(=O)N2CCC(CC)CC2)c[nH]1. The van der Waals surface area contributed by atoms with Gasteiger partial charge in [-0.05, 0) is 37.8 Å². The standard InChI is InChI=1S/C15H27N3O2S/c1-3-7-16-11-14-10-15(12-17-14)21(19,20)18-8-5-13(4-2)6-9-18/h10,12-13,16-17H,3-9,11H2,1-2H3. The van der Waals surface area contributed by atoms with Crippen molar-refractivity contribution >= 4 is 10.0 Å². The number of hydrogen-bond acceptors (Lipinski definition) is 3. The first-order valence-corrected chi connectivity index (χ1v) is 9.40. The third-order valence-corrected chi connectivity index (χ3v) is 6.12. The molecule has 1 aromatic heterocycles. The number of sulfonamides is 1. The van der Waals surface area contributed by atoms with Gasteiger partial charge in [0.25, 0.3) is 0 Å². The lowest BCUT2D eigenvalue weighted by Crippen LogP contribution is -2.38. The van der Waals surface area contributed by atoms with Crippen LogP contribution in [0.4, 0.5) is 0 Å². The quantitative estimate of drug-likeness (QED) is 0.759. The molecular weight excluding hydrogens is 286 g/mol. The largest absolute Gasteiger partial charge is 0.363 e. The van der Waals surface area contributed by atoms with Gasteiger partial charge in [0.05, 0.1) is 4.90 Å². The van der Waals surface area contributed by atoms with Crippen LogP contribution in [0.3, 0.4) is 0 Å². The molecule has 1 aliphatic rings. The van der Waals surface area contributed by atoms with Gasteiger partial charge in [-0.1, -0.05) is 20.3 Å². The Balaban J connectivity index is 1.99. The molecule has 0 saturated carbocycles. The van der Waals surface area contributed by atoms with Gasteiger partial charge in [0.2, 0.25) is 10.0 Å². The van der Waals surface area contributed by atoms with E-state index in [-0.39, 0.29) is 0 Å². The maximum absolute atomic E-state index is 12.6. The molecule has 0 spiro atoms. The molecule has 6 heteroatoms. The number of nitrogens with one attached hydrogen (secondary N) is 2. The summed E-state index contributed by atoms with van der Waals surface area (Å²) in [7, 11) is -3.33. The number of H-pyrrole nitrogens is 1. The van der Waals surface area contributed by atoms with Gasteiger partial charge >= 0.3 is 0 Å². The van der Waals surface area contributed by atoms with Crippen molar-refractivity contribution in [2.75, 3.05) is 19.6 Å². The van der Waals surface area contributed by atoms with Gasteiger partial charge in [-0.25, -0.2) is 8.42 Å². The van der Waals surface area contributed by atoms with Crippen LogP contribution in [-0.4, -0.2) is 37.3 Å². The predicted octanol–water partition coefficient (Wildman–Crippen LogP) is 2.32. The Kier molecular flexibility index (Phi) is 5.84. The Hall–Kier alpha value is -0.850. The molecule has 2 N–H and O–H groups in total. The molecular formula is C15H27N3O2S. The summed E-state index contributed by atoms with van der Waals surface area (Å²) in [5, 5.41) is 3.27. The fourth-order valence-corrected chi connectivity index (χ4v) is 4.27. The zero-order chi connectivity index (χ0) is 15.3. The second-order valence-corrected chi connectivity index (χ2v) is 7.73. The molecule has 0 radical (unpaired) electrons. The molecule has 2 heterocycles. The van der Waals surface area contributed by atoms with Crippen molar-refractivity contribution < 1.29 is 8.42 Å². The van der Waals surface area contributed by atoms with E-state index in [1.165, 1.54) is 0 Å². The van der Waals surface area contributed by atoms with Crippen LogP contribution in [0.15, 0.2) is 17.2 Å². The van der Waals surface area contributed by atoms with Crippen molar-refractivity contribution in [1.82, 2.24) is 14.6 Å². The summed E-state index contributed by atoms with van der Waals surface area (Å²) in [5.41, 5.74) is 0.922. The van der Waals surface area contributed by atoms with Crippen molar-refractivity contribution in [2.24, 2.45) is 5.92 Å². The lowest BCUT2D eigenvalue weighted by atomic mass is 9.96. The summed E-state index contributed by atoms with van der Waals surface area (Å²) >= 11 is 0. The average molecular weight is 313 g/mol. The number of aromatic amines is 1. The molecule has 5 nitrogen and oxygen atoms in total. The van der Waals surface area contributed by atoms with Gasteiger partial charge in [0.15, 0.2) is 0 Å². The van der Waals surface area contributed by atoms with Gasteiger partial charge < -0.3 is 10.3 Å². The van der Waals surface area contributed by atoms with E-state index in [9.17, 15) is 8.42 Å². The molecule has 1 aliphatic heterocycles. The highest BCUT2D eigenvalue weighted by Gasteiger charge is 2.29. The number of nitrogens with zero attached hydrogens (tertiary/aromatic N) is 1. The van der Waals surface area contributed by atoms with Gasteiger partial charge in [-0.2, -0.15) is 4.31 Å². The van der Waals surface area contributed by atoms with Gasteiger partial charge in [-0.3, -0.25) is 0 Å². The molecule has 1 fully saturated rings. The Morgan fingerprint density at radius 2 is 2.05 bits per heavy atom. The molecule has 0 bridgehead atoms. The van der Waals surface area contributed by atoms with Crippen molar-refractivity contribution in [1.29, 1.82) is 0 Å². The normalized spacial score (nSPS) is 18.2. The Bertz CT molecular complexity index is 531. The number of rotatable bonds is 7. The highest BCUT2D eigenvalue weighted by atomic mass is 32.2. The Morgan fingerprint density at radius 1 is 1.33 bits per heavy atom. The minimum Gasteiger partial charge on any atom is -0.363 e. The fourth-order valence-electron chi connectivity index (χ4n) is 2.78. The first-order valence-electron chi connectivity index (χ1n) is 7.96. The first kappa shape index (κ1) is 16.5. The minimum absolute atomic E-state index is 0.394. The van der Waals surface area contributed by atoms with E-state index >= 15 is 0 Å². The molecule has 0 amide bonds. The van der Waals surface area contributed by atoms with Gasteiger partial charge in [0.1, 0.15) is 0 Å². The van der Waals surface area contributed by atoms with Crippen molar-refractivity contribution in [2.45, 2.75) is 51.0 Å². The lowest BCUT2D eigenvalue weighted by Gasteiger charge is -2.30. The van der Waals surface area contributed by atoms with Crippen LogP contribution < -0.4 is 5.32 Å². The summed E-state index contributed by atoms with van der Waals surface area (Å²) in [4.78, 5) is 3.46. The third kappa shape index (κ3) is 4.08. The smallest absolute Gasteiger partial charge is 0.244 e. The van der Waals surface area contributed by atoms with E-state index in [1.807, 2.05) is 0 Å². The molecule has 120 valence electrons. The van der Waals surface area contributed by atoms with Crippen LogP contribution in [0.1, 0.15) is 45.2 Å². The molecule has 0 unspecified atom stereocenters. The summed E-state index contributed by atoms with van der Waals surface area (Å²) in [5.74, 6) is 0.677. The highest BCUT2D eigenvalue weighted by Crippen LogP contribution is 2.25. The van der Waals surface area contributed by atoms with E-state index in [4.69, 9.17) is 0 Å². The van der Waals surface area contributed by atoms with Crippen LogP contribution in [0.5, 0.6) is 0 Å². The fraction of sp³-hybridized carbons (Fsp3) is 0.733. The lowest BCUT2D eigenvalue weighted by molar-refractivity contribution is 0.269. The summed E-state index contributed by atoms with van der Waals surface area (Å²) in [6.45, 7) is 7.20. The van der Waals surface area contributed by atoms with Crippen LogP contribution >= 0.6 is 0 Å². The molecule has 0 atom stereocenters. The monoisotopic (exact) mass is 313 g/mol. The maximum Gasteiger partial charge on any atom is 0.244 e. The molecule has 1 saturated heterocycles. The van der Waals surface area contributed by atoms with E-state index in [2.05, 4.69) is 24.1 Å². The minimum atomic E-state index is -3.33. The van der Waals surface area contributed by atoms with Crippen LogP contribution in [0, 0.1) is 5.92 Å². The molecule has 0 aliphatic carbocycles. The van der Waals surface area contributed by atoms with Crippen molar-refractivity contribution in [3.8, 4) is 0 Å². The second kappa shape index (κ2) is 7.42. The number of piperidine rings is 1. The van der Waals surface area contributed by atoms with Crippen molar-refractivity contribution in [3.05, 3.63) is 18.0 Å². The third-order valence-electron chi connectivity index (χ3n) is 4.25. The van der Waals surface area contributed by atoms with E-state index in [1.54, 1.807) is 16.6 Å². The average Bonchev–Trinajstić information content (AvgIpc) is 2.97. The molecule has 21 heavy (non-hydrogen) atoms. The number of hydrogen-bond donors (Lipinski definition) is 2. The topological polar surface area (TPSA) is 65.2 Å². The summed E-state index contributed by atoms with van der Waals surface area (Å²) < 4.78 is 26.9. The molecule has 2 rings (SSSR count). The Labute approximate surface area is 128 Å². The summed E-state index contributed by atoms with van der Waals surface area (Å²) in [6, 6.07) is 1.75. The van der Waals surface area contributed by atoms with Gasteiger partial charge in [-0.15, -0.1) is 0 Å². The van der Waals surface area contributed by atoms with Crippen molar-refractivity contribution in [3.63, 3.8) is 0 Å². The second-order valence-electron chi connectivity index (χ2n) is 5.79. The van der Waals surface area contributed by atoms with Crippen LogP contribution in [-0.2, 0) is 16.6 Å². The van der Waals surface area contributed by atoms with E-state index in [0.717, 1.165) is 37.9 Å². The maximum atomic E-state index is 12.6. The predicted molar refractivity (Wildman–Crippen MR) is 84.6 cm³/mol. The first-order chi connectivity index (χ1) is 10.1. The van der Waals surface area contributed by atoms with Crippen LogP contribution in [0.25, 0.3) is 0 Å².